The first-order valence-electron chi connectivity index (χ1n) is 9.80. The largest absolute Gasteiger partial charge is 0.336 e. The molecule has 1 aliphatic heterocycles. The molecule has 0 atom stereocenters. The molecule has 3 heteroatoms. The van der Waals surface area contributed by atoms with Crippen molar-refractivity contribution < 1.29 is 4.79 Å². The SMILES string of the molecule is CCCCCCCC(CCCCCCC)CN1CCNC1=O. The lowest BCUT2D eigenvalue weighted by molar-refractivity contribution is 0.203. The van der Waals surface area contributed by atoms with Gasteiger partial charge in [0.25, 0.3) is 0 Å². The third kappa shape index (κ3) is 8.65. The predicted octanol–water partition coefficient (Wildman–Crippen LogP) is 5.35. The van der Waals surface area contributed by atoms with Crippen molar-refractivity contribution >= 4 is 6.03 Å². The number of urea groups is 1. The molecule has 0 unspecified atom stereocenters. The molecule has 3 nitrogen and oxygen atoms in total. The first-order chi connectivity index (χ1) is 10.8. The summed E-state index contributed by atoms with van der Waals surface area (Å²) in [6.07, 6.45) is 16.2. The van der Waals surface area contributed by atoms with E-state index in [0.717, 1.165) is 19.6 Å². The second kappa shape index (κ2) is 12.8. The molecule has 2 amide bonds. The summed E-state index contributed by atoms with van der Waals surface area (Å²) in [5.74, 6) is 0.715. The van der Waals surface area contributed by atoms with Crippen LogP contribution in [0.4, 0.5) is 4.79 Å². The highest BCUT2D eigenvalue weighted by molar-refractivity contribution is 5.76. The van der Waals surface area contributed by atoms with Crippen molar-refractivity contribution in [3.05, 3.63) is 0 Å². The molecule has 1 rings (SSSR count). The van der Waals surface area contributed by atoms with E-state index in [1.165, 1.54) is 77.0 Å². The van der Waals surface area contributed by atoms with Gasteiger partial charge in [-0.05, 0) is 18.8 Å². The lowest BCUT2D eigenvalue weighted by Crippen LogP contribution is -2.33. The van der Waals surface area contributed by atoms with E-state index in [1.54, 1.807) is 0 Å². The van der Waals surface area contributed by atoms with Gasteiger partial charge in [0.15, 0.2) is 0 Å². The van der Waals surface area contributed by atoms with E-state index in [9.17, 15) is 4.79 Å². The summed E-state index contributed by atoms with van der Waals surface area (Å²) in [7, 11) is 0. The summed E-state index contributed by atoms with van der Waals surface area (Å²) >= 11 is 0. The molecule has 1 N–H and O–H groups in total. The van der Waals surface area contributed by atoms with Gasteiger partial charge in [-0.15, -0.1) is 0 Å². The third-order valence-electron chi connectivity index (χ3n) is 4.86. The number of amides is 2. The minimum absolute atomic E-state index is 0.155. The van der Waals surface area contributed by atoms with Crippen molar-refractivity contribution in [3.63, 3.8) is 0 Å². The van der Waals surface area contributed by atoms with Crippen molar-refractivity contribution in [2.45, 2.75) is 90.9 Å². The fourth-order valence-corrected chi connectivity index (χ4v) is 3.40. The molecule has 0 radical (unpaired) electrons. The summed E-state index contributed by atoms with van der Waals surface area (Å²) in [5.41, 5.74) is 0. The van der Waals surface area contributed by atoms with Crippen LogP contribution in [0.5, 0.6) is 0 Å². The van der Waals surface area contributed by atoms with Crippen LogP contribution in [0.2, 0.25) is 0 Å². The molecule has 1 heterocycles. The summed E-state index contributed by atoms with van der Waals surface area (Å²) in [4.78, 5) is 13.8. The van der Waals surface area contributed by atoms with Crippen LogP contribution in [0.1, 0.15) is 90.9 Å². The molecule has 22 heavy (non-hydrogen) atoms. The topological polar surface area (TPSA) is 32.3 Å². The minimum Gasteiger partial charge on any atom is -0.336 e. The van der Waals surface area contributed by atoms with Crippen LogP contribution in [0, 0.1) is 5.92 Å². The Kier molecular flexibility index (Phi) is 11.2. The molecule has 1 saturated heterocycles. The van der Waals surface area contributed by atoms with Crippen LogP contribution in [-0.4, -0.2) is 30.6 Å². The molecule has 0 aromatic heterocycles. The van der Waals surface area contributed by atoms with Crippen molar-refractivity contribution in [2.75, 3.05) is 19.6 Å². The maximum atomic E-state index is 11.8. The first-order valence-corrected chi connectivity index (χ1v) is 9.80. The van der Waals surface area contributed by atoms with Crippen LogP contribution in [0.3, 0.4) is 0 Å². The van der Waals surface area contributed by atoms with Gasteiger partial charge >= 0.3 is 6.03 Å². The second-order valence-corrected chi connectivity index (χ2v) is 6.95. The van der Waals surface area contributed by atoms with Crippen molar-refractivity contribution in [2.24, 2.45) is 5.92 Å². The van der Waals surface area contributed by atoms with Gasteiger partial charge in [0.2, 0.25) is 0 Å². The third-order valence-corrected chi connectivity index (χ3v) is 4.86. The monoisotopic (exact) mass is 310 g/mol. The van der Waals surface area contributed by atoms with Crippen LogP contribution in [0.25, 0.3) is 0 Å². The minimum atomic E-state index is 0.155. The van der Waals surface area contributed by atoms with E-state index in [0.29, 0.717) is 5.92 Å². The van der Waals surface area contributed by atoms with E-state index in [1.807, 2.05) is 4.90 Å². The van der Waals surface area contributed by atoms with Gasteiger partial charge < -0.3 is 10.2 Å². The fourth-order valence-electron chi connectivity index (χ4n) is 3.40. The maximum absolute atomic E-state index is 11.8. The molecule has 0 aromatic rings. The molecule has 0 aromatic carbocycles. The smallest absolute Gasteiger partial charge is 0.317 e. The van der Waals surface area contributed by atoms with Gasteiger partial charge in [0, 0.05) is 19.6 Å². The Morgan fingerprint density at radius 2 is 1.45 bits per heavy atom. The number of hydrogen-bond acceptors (Lipinski definition) is 1. The Balaban J connectivity index is 2.23. The summed E-state index contributed by atoms with van der Waals surface area (Å²) in [5, 5.41) is 2.93. The average Bonchev–Trinajstić information content (AvgIpc) is 2.91. The van der Waals surface area contributed by atoms with E-state index < -0.39 is 0 Å². The van der Waals surface area contributed by atoms with Crippen molar-refractivity contribution in [1.82, 2.24) is 10.2 Å². The Morgan fingerprint density at radius 3 is 1.91 bits per heavy atom. The number of carbonyl (C=O) groups excluding carboxylic acids is 1. The zero-order valence-corrected chi connectivity index (χ0v) is 15.0. The normalized spacial score (nSPS) is 14.9. The Labute approximate surface area is 138 Å². The number of nitrogens with one attached hydrogen (secondary N) is 1. The highest BCUT2D eigenvalue weighted by Crippen LogP contribution is 2.20. The quantitative estimate of drug-likeness (QED) is 0.431. The highest BCUT2D eigenvalue weighted by Gasteiger charge is 2.22. The number of carbonyl (C=O) groups is 1. The number of nitrogens with zero attached hydrogens (tertiary/aromatic N) is 1. The van der Waals surface area contributed by atoms with E-state index in [2.05, 4.69) is 19.2 Å². The summed E-state index contributed by atoms with van der Waals surface area (Å²) in [6, 6.07) is 0.155. The van der Waals surface area contributed by atoms with Gasteiger partial charge in [-0.3, -0.25) is 0 Å². The number of rotatable bonds is 14. The molecule has 1 aliphatic rings. The lowest BCUT2D eigenvalue weighted by atomic mass is 9.93. The summed E-state index contributed by atoms with van der Waals surface area (Å²) in [6.45, 7) is 7.25. The molecule has 0 aliphatic carbocycles. The molecular weight excluding hydrogens is 272 g/mol. The van der Waals surface area contributed by atoms with Crippen LogP contribution in [-0.2, 0) is 0 Å². The molecule has 0 spiro atoms. The van der Waals surface area contributed by atoms with Gasteiger partial charge in [-0.25, -0.2) is 4.79 Å². The van der Waals surface area contributed by atoms with Gasteiger partial charge in [0.1, 0.15) is 0 Å². The second-order valence-electron chi connectivity index (χ2n) is 6.95. The maximum Gasteiger partial charge on any atom is 0.317 e. The predicted molar refractivity (Wildman–Crippen MR) is 95.2 cm³/mol. The average molecular weight is 311 g/mol. The Bertz CT molecular complexity index is 267. The van der Waals surface area contributed by atoms with E-state index in [-0.39, 0.29) is 6.03 Å². The summed E-state index contributed by atoms with van der Waals surface area (Å²) < 4.78 is 0. The standard InChI is InChI=1S/C19H38N2O/c1-3-5-7-9-11-13-18(14-12-10-8-6-4-2)17-21-16-15-20-19(21)22/h18H,3-17H2,1-2H3,(H,20,22). The Morgan fingerprint density at radius 1 is 0.909 bits per heavy atom. The van der Waals surface area contributed by atoms with Gasteiger partial charge in [0.05, 0.1) is 0 Å². The highest BCUT2D eigenvalue weighted by atomic mass is 16.2. The van der Waals surface area contributed by atoms with Crippen LogP contribution < -0.4 is 5.32 Å². The molecule has 130 valence electrons. The van der Waals surface area contributed by atoms with Crippen LogP contribution in [0.15, 0.2) is 0 Å². The van der Waals surface area contributed by atoms with Crippen molar-refractivity contribution in [1.29, 1.82) is 0 Å². The zero-order chi connectivity index (χ0) is 16.0. The first kappa shape index (κ1) is 19.3. The van der Waals surface area contributed by atoms with Crippen LogP contribution >= 0.6 is 0 Å². The fraction of sp³-hybridized carbons (Fsp3) is 0.947. The molecule has 0 saturated carbocycles. The number of unbranched alkanes of at least 4 members (excludes halogenated alkanes) is 8. The van der Waals surface area contributed by atoms with E-state index >= 15 is 0 Å². The van der Waals surface area contributed by atoms with E-state index in [4.69, 9.17) is 0 Å². The molecular formula is C19H38N2O. The number of hydrogen-bond donors (Lipinski definition) is 1. The van der Waals surface area contributed by atoms with Gasteiger partial charge in [-0.1, -0.05) is 78.1 Å². The lowest BCUT2D eigenvalue weighted by Gasteiger charge is -2.23. The van der Waals surface area contributed by atoms with Gasteiger partial charge in [-0.2, -0.15) is 0 Å². The zero-order valence-electron chi connectivity index (χ0n) is 15.0. The van der Waals surface area contributed by atoms with Crippen molar-refractivity contribution in [3.8, 4) is 0 Å². The molecule has 0 bridgehead atoms. The molecule has 1 fully saturated rings. The Hall–Kier alpha value is -0.730.